The molecule has 6 aromatic rings. The van der Waals surface area contributed by atoms with Gasteiger partial charge in [0.25, 0.3) is 0 Å². The van der Waals surface area contributed by atoms with E-state index in [0.29, 0.717) is 33.2 Å². The number of carbonyl (C=O) groups excluding carboxylic acids is 1. The predicted octanol–water partition coefficient (Wildman–Crippen LogP) is 9.12. The maximum absolute atomic E-state index is 12.1. The summed E-state index contributed by atoms with van der Waals surface area (Å²) in [5.41, 5.74) is 6.77. The Morgan fingerprint density at radius 1 is 0.712 bits per heavy atom. The summed E-state index contributed by atoms with van der Waals surface area (Å²) in [5, 5.41) is 21.1. The molecule has 2 aliphatic rings. The standard InChI is InChI=1S/C21H20Cl2N4O2S.C20H18Cl2N4O2S/c1-26-21-18(19(25-26)16-5-3-4-8-24-16)20(14-7-6-13(22)11-15(14)23)30-10-9-27(21)12-17(28)29-2;1-25-20-17(18(24-25)15-4-2-3-7-23-15)19(13-6-5-12(21)10-14(13)22)29-9-8-26(20)11-16(27)28/h3-8,11,20H,9-10,12H2,1-2H3;2-7,10,19H,8-9,11H2,1H3,(H,27,28). The van der Waals surface area contributed by atoms with Crippen molar-refractivity contribution in [3.8, 4) is 22.8 Å². The van der Waals surface area contributed by atoms with Crippen LogP contribution in [0.2, 0.25) is 20.1 Å². The lowest BCUT2D eigenvalue weighted by molar-refractivity contribution is -0.139. The van der Waals surface area contributed by atoms with E-state index < -0.39 is 5.97 Å². The molecule has 0 bridgehead atoms. The minimum atomic E-state index is -0.885. The van der Waals surface area contributed by atoms with Crippen LogP contribution in [-0.2, 0) is 28.4 Å². The molecule has 0 aliphatic carbocycles. The van der Waals surface area contributed by atoms with Crippen LogP contribution < -0.4 is 9.80 Å². The molecule has 0 amide bonds. The number of aromatic nitrogens is 6. The highest BCUT2D eigenvalue weighted by Crippen LogP contribution is 2.50. The van der Waals surface area contributed by atoms with Crippen LogP contribution in [-0.4, -0.2) is 91.4 Å². The number of hydrogen-bond acceptors (Lipinski definition) is 11. The third-order valence-corrected chi connectivity index (χ3v) is 13.3. The number of methoxy groups -OCH3 is 1. The second-order valence-electron chi connectivity index (χ2n) is 13.5. The molecule has 2 unspecified atom stereocenters. The van der Waals surface area contributed by atoms with Crippen LogP contribution in [0.15, 0.2) is 85.2 Å². The van der Waals surface area contributed by atoms with Crippen molar-refractivity contribution in [1.82, 2.24) is 29.5 Å². The SMILES string of the molecule is COC(=O)CN1CCSC(c2ccc(Cl)cc2Cl)c2c(-c3ccccn3)nn(C)c21.Cn1nc(-c2ccccn2)c2c1N(CC(=O)O)CCSC2c1ccc(Cl)cc1Cl. The summed E-state index contributed by atoms with van der Waals surface area (Å²) in [6.45, 7) is 1.31. The van der Waals surface area contributed by atoms with E-state index in [1.807, 2.05) is 89.2 Å². The average Bonchev–Trinajstić information content (AvgIpc) is 3.59. The van der Waals surface area contributed by atoms with Gasteiger partial charge in [-0.1, -0.05) is 70.7 Å². The number of thioether (sulfide) groups is 2. The fraction of sp³-hybridized carbons (Fsp3) is 0.268. The fourth-order valence-corrected chi connectivity index (χ4v) is 11.1. The van der Waals surface area contributed by atoms with Gasteiger partial charge in [-0.15, -0.1) is 23.5 Å². The molecule has 2 aliphatic heterocycles. The van der Waals surface area contributed by atoms with Crippen LogP contribution in [0.4, 0.5) is 11.6 Å². The van der Waals surface area contributed by atoms with Crippen molar-refractivity contribution in [2.75, 3.05) is 54.6 Å². The van der Waals surface area contributed by atoms with Crippen LogP contribution in [0.25, 0.3) is 22.8 Å². The van der Waals surface area contributed by atoms with E-state index in [4.69, 9.17) is 61.3 Å². The molecule has 4 aromatic heterocycles. The number of pyridine rings is 2. The second kappa shape index (κ2) is 18.9. The summed E-state index contributed by atoms with van der Waals surface area (Å²) in [6.07, 6.45) is 3.47. The molecule has 0 saturated carbocycles. The Bertz CT molecular complexity index is 2470. The van der Waals surface area contributed by atoms with Gasteiger partial charge in [0.05, 0.1) is 29.0 Å². The van der Waals surface area contributed by atoms with Crippen molar-refractivity contribution in [1.29, 1.82) is 0 Å². The number of aliphatic carboxylic acids is 1. The molecular formula is C41H38Cl4N8O4S2. The van der Waals surface area contributed by atoms with E-state index in [2.05, 4.69) is 9.97 Å². The number of benzene rings is 2. The van der Waals surface area contributed by atoms with Gasteiger partial charge in [0.1, 0.15) is 36.1 Å². The molecule has 8 rings (SSSR count). The first-order valence-corrected chi connectivity index (χ1v) is 21.9. The van der Waals surface area contributed by atoms with Crippen molar-refractivity contribution in [3.05, 3.63) is 128 Å². The van der Waals surface area contributed by atoms with Crippen molar-refractivity contribution < 1.29 is 19.4 Å². The Labute approximate surface area is 369 Å². The summed E-state index contributed by atoms with van der Waals surface area (Å²) in [7, 11) is 5.11. The molecule has 306 valence electrons. The molecule has 0 radical (unpaired) electrons. The third-order valence-electron chi connectivity index (χ3n) is 9.70. The van der Waals surface area contributed by atoms with Gasteiger partial charge in [0.15, 0.2) is 0 Å². The monoisotopic (exact) mass is 910 g/mol. The van der Waals surface area contributed by atoms with Gasteiger partial charge in [-0.2, -0.15) is 10.2 Å². The zero-order valence-corrected chi connectivity index (χ0v) is 36.7. The summed E-state index contributed by atoms with van der Waals surface area (Å²) < 4.78 is 8.47. The van der Waals surface area contributed by atoms with E-state index in [0.717, 1.165) is 68.2 Å². The molecule has 1 N–H and O–H groups in total. The lowest BCUT2D eigenvalue weighted by Crippen LogP contribution is -2.33. The van der Waals surface area contributed by atoms with Crippen LogP contribution in [0.3, 0.4) is 0 Å². The molecule has 6 heterocycles. The number of carboxylic acids is 1. The van der Waals surface area contributed by atoms with Gasteiger partial charge >= 0.3 is 11.9 Å². The Morgan fingerprint density at radius 2 is 1.17 bits per heavy atom. The predicted molar refractivity (Wildman–Crippen MR) is 238 cm³/mol. The molecule has 2 atom stereocenters. The number of fused-ring (bicyclic) bond motifs is 2. The van der Waals surface area contributed by atoms with E-state index in [1.54, 1.807) is 52.7 Å². The average molecular weight is 913 g/mol. The summed E-state index contributed by atoms with van der Waals surface area (Å²) >= 11 is 28.9. The second-order valence-corrected chi connectivity index (χ2v) is 17.6. The van der Waals surface area contributed by atoms with Gasteiger partial charge in [-0.3, -0.25) is 28.9 Å². The van der Waals surface area contributed by atoms with Crippen molar-refractivity contribution in [2.24, 2.45) is 14.1 Å². The van der Waals surface area contributed by atoms with Crippen LogP contribution in [0.5, 0.6) is 0 Å². The highest BCUT2D eigenvalue weighted by atomic mass is 35.5. The highest BCUT2D eigenvalue weighted by Gasteiger charge is 2.36. The maximum Gasteiger partial charge on any atom is 0.325 e. The molecule has 18 heteroatoms. The minimum absolute atomic E-state index is 0.0851. The van der Waals surface area contributed by atoms with Crippen molar-refractivity contribution >= 4 is 93.5 Å². The maximum atomic E-state index is 12.1. The molecule has 12 nitrogen and oxygen atoms in total. The van der Waals surface area contributed by atoms with Gasteiger partial charge in [0, 0.05) is 82.3 Å². The Hall–Kier alpha value is -4.44. The van der Waals surface area contributed by atoms with Gasteiger partial charge < -0.3 is 19.6 Å². The van der Waals surface area contributed by atoms with Crippen LogP contribution in [0, 0.1) is 0 Å². The number of rotatable bonds is 8. The number of anilines is 2. The lowest BCUT2D eigenvalue weighted by Gasteiger charge is -2.23. The first-order valence-electron chi connectivity index (χ1n) is 18.3. The number of halogens is 4. The zero-order valence-electron chi connectivity index (χ0n) is 32.1. The van der Waals surface area contributed by atoms with Gasteiger partial charge in [-0.25, -0.2) is 0 Å². The summed E-state index contributed by atoms with van der Waals surface area (Å²) in [4.78, 5) is 36.4. The van der Waals surface area contributed by atoms with Gasteiger partial charge in [0.2, 0.25) is 0 Å². The zero-order chi connectivity index (χ0) is 41.8. The fourth-order valence-electron chi connectivity index (χ4n) is 7.23. The summed E-state index contributed by atoms with van der Waals surface area (Å²) in [5.74, 6) is 2.00. The van der Waals surface area contributed by atoms with Crippen molar-refractivity contribution in [3.63, 3.8) is 0 Å². The number of nitrogens with zero attached hydrogens (tertiary/aromatic N) is 8. The Kier molecular flexibility index (Phi) is 13.6. The topological polar surface area (TPSA) is 132 Å². The first-order chi connectivity index (χ1) is 28.4. The molecule has 0 saturated heterocycles. The normalized spacial score (nSPS) is 16.3. The quantitative estimate of drug-likeness (QED) is 0.146. The van der Waals surface area contributed by atoms with E-state index in [-0.39, 0.29) is 29.6 Å². The van der Waals surface area contributed by atoms with Crippen molar-refractivity contribution in [2.45, 2.75) is 10.5 Å². The highest BCUT2D eigenvalue weighted by molar-refractivity contribution is 8.00. The number of ether oxygens (including phenoxy) is 1. The Morgan fingerprint density at radius 3 is 1.56 bits per heavy atom. The number of esters is 1. The molecule has 0 fully saturated rings. The Balaban J connectivity index is 0.000000179. The lowest BCUT2D eigenvalue weighted by atomic mass is 10.0. The molecule has 0 spiro atoms. The number of carboxylic acid groups (broad SMARTS) is 1. The van der Waals surface area contributed by atoms with Crippen LogP contribution in [0.1, 0.15) is 32.8 Å². The summed E-state index contributed by atoms with van der Waals surface area (Å²) in [6, 6.07) is 22.4. The van der Waals surface area contributed by atoms with Crippen LogP contribution >= 0.6 is 69.9 Å². The molecule has 59 heavy (non-hydrogen) atoms. The van der Waals surface area contributed by atoms with Gasteiger partial charge in [-0.05, 0) is 59.7 Å². The third kappa shape index (κ3) is 9.33. The van der Waals surface area contributed by atoms with E-state index in [9.17, 15) is 14.7 Å². The first kappa shape index (κ1) is 42.7. The number of carbonyl (C=O) groups is 2. The number of aryl methyl sites for hydroxylation is 2. The smallest absolute Gasteiger partial charge is 0.325 e. The molecule has 2 aromatic carbocycles. The largest absolute Gasteiger partial charge is 0.480 e. The minimum Gasteiger partial charge on any atom is -0.480 e. The number of hydrogen-bond donors (Lipinski definition) is 1. The van der Waals surface area contributed by atoms with E-state index >= 15 is 0 Å². The molecular weight excluding hydrogens is 874 g/mol. The van der Waals surface area contributed by atoms with E-state index in [1.165, 1.54) is 7.11 Å².